The van der Waals surface area contributed by atoms with Crippen LogP contribution < -0.4 is 0 Å². The number of carbonyl (C=O) groups excluding carboxylic acids is 1. The lowest BCUT2D eigenvalue weighted by Gasteiger charge is -2.14. The topological polar surface area (TPSA) is 40.5 Å². The van der Waals surface area contributed by atoms with E-state index in [1.165, 1.54) is 0 Å². The number of aryl methyl sites for hydroxylation is 1. The summed E-state index contributed by atoms with van der Waals surface area (Å²) in [5.41, 5.74) is 1.68. The normalized spacial score (nSPS) is 19.8. The average molecular weight is 282 g/mol. The van der Waals surface area contributed by atoms with Crippen LogP contribution in [-0.2, 0) is 0 Å². The molecule has 2 rings (SSSR count). The van der Waals surface area contributed by atoms with Crippen LogP contribution in [0.25, 0.3) is 0 Å². The van der Waals surface area contributed by atoms with E-state index in [9.17, 15) is 9.90 Å². The minimum Gasteiger partial charge on any atom is -0.392 e. The summed E-state index contributed by atoms with van der Waals surface area (Å²) in [7, 11) is 0. The molecule has 1 aliphatic rings. The first-order valence-electron chi connectivity index (χ1n) is 6.76. The third-order valence-corrected chi connectivity index (χ3v) is 3.86. The van der Waals surface area contributed by atoms with Gasteiger partial charge in [-0.15, -0.1) is 0 Å². The zero-order chi connectivity index (χ0) is 13.8. The van der Waals surface area contributed by atoms with Crippen LogP contribution >= 0.6 is 11.6 Å². The second-order valence-corrected chi connectivity index (χ2v) is 5.66. The highest BCUT2D eigenvalue weighted by Gasteiger charge is 2.19. The van der Waals surface area contributed by atoms with Crippen LogP contribution in [0.5, 0.6) is 0 Å². The van der Waals surface area contributed by atoms with Gasteiger partial charge in [0.2, 0.25) is 0 Å². The van der Waals surface area contributed by atoms with E-state index in [-0.39, 0.29) is 11.9 Å². The number of rotatable bonds is 5. The predicted octanol–water partition coefficient (Wildman–Crippen LogP) is 2.68. The van der Waals surface area contributed by atoms with Crippen molar-refractivity contribution in [3.63, 3.8) is 0 Å². The Morgan fingerprint density at radius 1 is 1.53 bits per heavy atom. The molecular weight excluding hydrogens is 262 g/mol. The lowest BCUT2D eigenvalue weighted by atomic mass is 10.0. The summed E-state index contributed by atoms with van der Waals surface area (Å²) in [6, 6.07) is 5.54. The van der Waals surface area contributed by atoms with E-state index in [0.717, 1.165) is 38.0 Å². The molecule has 1 saturated heterocycles. The first-order chi connectivity index (χ1) is 9.06. The van der Waals surface area contributed by atoms with Gasteiger partial charge >= 0.3 is 0 Å². The van der Waals surface area contributed by atoms with Gasteiger partial charge in [0.05, 0.1) is 11.1 Å². The molecule has 1 aromatic carbocycles. The van der Waals surface area contributed by atoms with Crippen LogP contribution in [0.2, 0.25) is 5.02 Å². The fourth-order valence-electron chi connectivity index (χ4n) is 2.46. The molecule has 1 aliphatic heterocycles. The maximum Gasteiger partial charge on any atom is 0.164 e. The van der Waals surface area contributed by atoms with E-state index in [1.54, 1.807) is 6.07 Å². The van der Waals surface area contributed by atoms with Crippen molar-refractivity contribution < 1.29 is 9.90 Å². The summed E-state index contributed by atoms with van der Waals surface area (Å²) >= 11 is 6.09. The van der Waals surface area contributed by atoms with Gasteiger partial charge in [0.25, 0.3) is 0 Å². The summed E-state index contributed by atoms with van der Waals surface area (Å²) in [6.07, 6.45) is 1.98. The van der Waals surface area contributed by atoms with Crippen molar-refractivity contribution in [2.75, 3.05) is 19.6 Å². The number of benzene rings is 1. The number of β-amino-alcohol motifs (C(OH)–C–C–N with tert-alkyl or cyclic N) is 1. The molecule has 1 unspecified atom stereocenters. The molecule has 0 amide bonds. The number of ketones is 1. The van der Waals surface area contributed by atoms with E-state index in [1.807, 2.05) is 19.1 Å². The molecule has 1 N–H and O–H groups in total. The number of aliphatic hydroxyl groups is 1. The Labute approximate surface area is 119 Å². The van der Waals surface area contributed by atoms with Gasteiger partial charge in [-0.05, 0) is 44.0 Å². The summed E-state index contributed by atoms with van der Waals surface area (Å²) in [6.45, 7) is 4.49. The van der Waals surface area contributed by atoms with Gasteiger partial charge < -0.3 is 10.0 Å². The third-order valence-electron chi connectivity index (χ3n) is 3.55. The Balaban J connectivity index is 1.81. The molecule has 104 valence electrons. The SMILES string of the molecule is Cc1ccc(C(=O)CCCN2CCC(O)C2)c(Cl)c1. The number of hydrogen-bond acceptors (Lipinski definition) is 3. The van der Waals surface area contributed by atoms with E-state index >= 15 is 0 Å². The van der Waals surface area contributed by atoms with Crippen molar-refractivity contribution in [1.82, 2.24) is 4.90 Å². The Morgan fingerprint density at radius 3 is 2.95 bits per heavy atom. The smallest absolute Gasteiger partial charge is 0.164 e. The Kier molecular flexibility index (Phi) is 4.97. The summed E-state index contributed by atoms with van der Waals surface area (Å²) in [5.74, 6) is 0.102. The third kappa shape index (κ3) is 4.03. The molecule has 0 saturated carbocycles. The highest BCUT2D eigenvalue weighted by atomic mass is 35.5. The van der Waals surface area contributed by atoms with Gasteiger partial charge in [-0.25, -0.2) is 0 Å². The molecule has 0 bridgehead atoms. The molecule has 1 atom stereocenters. The van der Waals surface area contributed by atoms with Crippen LogP contribution in [0.1, 0.15) is 35.2 Å². The molecule has 0 aliphatic carbocycles. The first-order valence-corrected chi connectivity index (χ1v) is 7.14. The minimum absolute atomic E-state index is 0.102. The van der Waals surface area contributed by atoms with Gasteiger partial charge in [-0.2, -0.15) is 0 Å². The van der Waals surface area contributed by atoms with Crippen molar-refractivity contribution in [2.45, 2.75) is 32.3 Å². The van der Waals surface area contributed by atoms with Gasteiger partial charge in [0, 0.05) is 25.1 Å². The van der Waals surface area contributed by atoms with Gasteiger partial charge in [-0.1, -0.05) is 17.7 Å². The number of likely N-dealkylation sites (tertiary alicyclic amines) is 1. The lowest BCUT2D eigenvalue weighted by molar-refractivity contribution is 0.0975. The quantitative estimate of drug-likeness (QED) is 0.844. The average Bonchev–Trinajstić information content (AvgIpc) is 2.75. The summed E-state index contributed by atoms with van der Waals surface area (Å²) in [4.78, 5) is 14.3. The molecule has 4 heteroatoms. The lowest BCUT2D eigenvalue weighted by Crippen LogP contribution is -2.23. The molecule has 0 radical (unpaired) electrons. The standard InChI is InChI=1S/C15H20ClNO2/c1-11-4-5-13(14(16)9-11)15(19)3-2-7-17-8-6-12(18)10-17/h4-5,9,12,18H,2-3,6-8,10H2,1H3. The molecule has 0 spiro atoms. The number of halogens is 1. The van der Waals surface area contributed by atoms with Crippen molar-refractivity contribution in [3.8, 4) is 0 Å². The fraction of sp³-hybridized carbons (Fsp3) is 0.533. The Bertz CT molecular complexity index is 461. The van der Waals surface area contributed by atoms with Crippen LogP contribution in [0, 0.1) is 6.92 Å². The summed E-state index contributed by atoms with van der Waals surface area (Å²) < 4.78 is 0. The highest BCUT2D eigenvalue weighted by molar-refractivity contribution is 6.34. The van der Waals surface area contributed by atoms with Crippen molar-refractivity contribution >= 4 is 17.4 Å². The minimum atomic E-state index is -0.192. The number of Topliss-reactive ketones (excluding diaryl/α,β-unsaturated/α-hetero) is 1. The largest absolute Gasteiger partial charge is 0.392 e. The fourth-order valence-corrected chi connectivity index (χ4v) is 2.80. The van der Waals surface area contributed by atoms with Gasteiger partial charge in [0.15, 0.2) is 5.78 Å². The maximum atomic E-state index is 12.1. The van der Waals surface area contributed by atoms with E-state index in [4.69, 9.17) is 11.6 Å². The monoisotopic (exact) mass is 281 g/mol. The van der Waals surface area contributed by atoms with Gasteiger partial charge in [-0.3, -0.25) is 4.79 Å². The van der Waals surface area contributed by atoms with Crippen LogP contribution in [-0.4, -0.2) is 41.5 Å². The highest BCUT2D eigenvalue weighted by Crippen LogP contribution is 2.20. The number of hydrogen-bond donors (Lipinski definition) is 1. The summed E-state index contributed by atoms with van der Waals surface area (Å²) in [5, 5.41) is 9.97. The van der Waals surface area contributed by atoms with E-state index < -0.39 is 0 Å². The number of aliphatic hydroxyl groups excluding tert-OH is 1. The first kappa shape index (κ1) is 14.5. The molecule has 19 heavy (non-hydrogen) atoms. The molecular formula is C15H20ClNO2. The zero-order valence-electron chi connectivity index (χ0n) is 11.2. The maximum absolute atomic E-state index is 12.1. The molecule has 1 fully saturated rings. The van der Waals surface area contributed by atoms with Crippen LogP contribution in [0.4, 0.5) is 0 Å². The van der Waals surface area contributed by atoms with Crippen molar-refractivity contribution in [2.24, 2.45) is 0 Å². The van der Waals surface area contributed by atoms with E-state index in [0.29, 0.717) is 17.0 Å². The second-order valence-electron chi connectivity index (χ2n) is 5.25. The Morgan fingerprint density at radius 2 is 2.32 bits per heavy atom. The molecule has 0 aromatic heterocycles. The van der Waals surface area contributed by atoms with E-state index in [2.05, 4.69) is 4.90 Å². The molecule has 1 heterocycles. The zero-order valence-corrected chi connectivity index (χ0v) is 12.0. The van der Waals surface area contributed by atoms with Crippen molar-refractivity contribution in [1.29, 1.82) is 0 Å². The Hall–Kier alpha value is -0.900. The second kappa shape index (κ2) is 6.51. The van der Waals surface area contributed by atoms with Gasteiger partial charge in [0.1, 0.15) is 0 Å². The number of carbonyl (C=O) groups is 1. The van der Waals surface area contributed by atoms with Crippen LogP contribution in [0.3, 0.4) is 0 Å². The molecule has 1 aromatic rings. The van der Waals surface area contributed by atoms with Crippen LogP contribution in [0.15, 0.2) is 18.2 Å². The number of nitrogens with zero attached hydrogens (tertiary/aromatic N) is 1. The van der Waals surface area contributed by atoms with Crippen molar-refractivity contribution in [3.05, 3.63) is 34.3 Å². The predicted molar refractivity (Wildman–Crippen MR) is 76.8 cm³/mol. The molecule has 3 nitrogen and oxygen atoms in total.